The van der Waals surface area contributed by atoms with Crippen molar-refractivity contribution < 1.29 is 9.21 Å². The molecule has 3 rings (SSSR count). The Labute approximate surface area is 147 Å². The Bertz CT molecular complexity index is 606. The SMILES string of the molecule is CCN(Cc1ccco1)C(=O)NC[C@H](c1cccs1)N1CCCC1. The summed E-state index contributed by atoms with van der Waals surface area (Å²) in [5.41, 5.74) is 0. The molecule has 1 fully saturated rings. The maximum Gasteiger partial charge on any atom is 0.317 e. The zero-order chi connectivity index (χ0) is 16.8. The van der Waals surface area contributed by atoms with Crippen LogP contribution in [0.3, 0.4) is 0 Å². The largest absolute Gasteiger partial charge is 0.467 e. The number of hydrogen-bond acceptors (Lipinski definition) is 4. The van der Waals surface area contributed by atoms with Crippen LogP contribution in [0.2, 0.25) is 0 Å². The number of urea groups is 1. The van der Waals surface area contributed by atoms with Crippen molar-refractivity contribution in [2.75, 3.05) is 26.2 Å². The number of carbonyl (C=O) groups is 1. The second-order valence-electron chi connectivity index (χ2n) is 6.05. The van der Waals surface area contributed by atoms with Gasteiger partial charge in [-0.05, 0) is 56.4 Å². The molecule has 0 saturated carbocycles. The molecule has 1 N–H and O–H groups in total. The van der Waals surface area contributed by atoms with Gasteiger partial charge in [-0.15, -0.1) is 11.3 Å². The minimum absolute atomic E-state index is 0.0327. The molecule has 2 aromatic rings. The summed E-state index contributed by atoms with van der Waals surface area (Å²) in [7, 11) is 0. The Morgan fingerprint density at radius 1 is 1.38 bits per heavy atom. The van der Waals surface area contributed by atoms with Crippen LogP contribution in [0.15, 0.2) is 40.3 Å². The van der Waals surface area contributed by atoms with Crippen LogP contribution in [0, 0.1) is 0 Å². The summed E-state index contributed by atoms with van der Waals surface area (Å²) in [6.07, 6.45) is 4.13. The van der Waals surface area contributed by atoms with E-state index in [4.69, 9.17) is 4.42 Å². The van der Waals surface area contributed by atoms with Crippen LogP contribution >= 0.6 is 11.3 Å². The van der Waals surface area contributed by atoms with Crippen molar-refractivity contribution in [1.82, 2.24) is 15.1 Å². The van der Waals surface area contributed by atoms with Crippen LogP contribution in [0.25, 0.3) is 0 Å². The summed E-state index contributed by atoms with van der Waals surface area (Å²) in [5.74, 6) is 0.807. The van der Waals surface area contributed by atoms with Crippen molar-refractivity contribution in [3.05, 3.63) is 46.5 Å². The van der Waals surface area contributed by atoms with E-state index in [-0.39, 0.29) is 12.1 Å². The molecule has 5 nitrogen and oxygen atoms in total. The fourth-order valence-corrected chi connectivity index (χ4v) is 4.02. The van der Waals surface area contributed by atoms with Crippen LogP contribution in [-0.2, 0) is 6.54 Å². The van der Waals surface area contributed by atoms with Crippen molar-refractivity contribution in [3.63, 3.8) is 0 Å². The summed E-state index contributed by atoms with van der Waals surface area (Å²) >= 11 is 1.77. The third-order valence-corrected chi connectivity index (χ3v) is 5.47. The molecule has 0 radical (unpaired) electrons. The summed E-state index contributed by atoms with van der Waals surface area (Å²) in [5, 5.41) is 5.23. The van der Waals surface area contributed by atoms with Crippen LogP contribution in [0.1, 0.15) is 36.4 Å². The fraction of sp³-hybridized carbons (Fsp3) is 0.500. The Morgan fingerprint density at radius 3 is 2.83 bits per heavy atom. The van der Waals surface area contributed by atoms with Crippen molar-refractivity contribution in [2.45, 2.75) is 32.4 Å². The van der Waals surface area contributed by atoms with Gasteiger partial charge >= 0.3 is 6.03 Å². The third-order valence-electron chi connectivity index (χ3n) is 4.50. The Hall–Kier alpha value is -1.79. The molecule has 0 spiro atoms. The molecule has 0 aliphatic carbocycles. The number of rotatable bonds is 7. The Balaban J connectivity index is 1.59. The van der Waals surface area contributed by atoms with Crippen LogP contribution in [-0.4, -0.2) is 42.0 Å². The number of hydrogen-bond donors (Lipinski definition) is 1. The summed E-state index contributed by atoms with van der Waals surface area (Å²) in [6, 6.07) is 8.24. The van der Waals surface area contributed by atoms with E-state index in [9.17, 15) is 4.79 Å². The number of nitrogens with zero attached hydrogens (tertiary/aromatic N) is 2. The van der Waals surface area contributed by atoms with Crippen LogP contribution < -0.4 is 5.32 Å². The van der Waals surface area contributed by atoms with Gasteiger partial charge in [0.2, 0.25) is 0 Å². The molecule has 0 unspecified atom stereocenters. The van der Waals surface area contributed by atoms with E-state index in [0.717, 1.165) is 18.8 Å². The first-order chi connectivity index (χ1) is 11.8. The lowest BCUT2D eigenvalue weighted by Gasteiger charge is -2.28. The van der Waals surface area contributed by atoms with Gasteiger partial charge in [-0.25, -0.2) is 4.79 Å². The van der Waals surface area contributed by atoms with E-state index in [1.807, 2.05) is 19.1 Å². The minimum atomic E-state index is -0.0327. The van der Waals surface area contributed by atoms with Gasteiger partial charge in [0.1, 0.15) is 5.76 Å². The first-order valence-corrected chi connectivity index (χ1v) is 9.48. The van der Waals surface area contributed by atoms with Crippen molar-refractivity contribution in [3.8, 4) is 0 Å². The van der Waals surface area contributed by atoms with Crippen molar-refractivity contribution in [2.24, 2.45) is 0 Å². The molecule has 1 aliphatic heterocycles. The maximum atomic E-state index is 12.5. The molecule has 2 amide bonds. The monoisotopic (exact) mass is 347 g/mol. The lowest BCUT2D eigenvalue weighted by Crippen LogP contribution is -2.43. The number of likely N-dealkylation sites (tertiary alicyclic amines) is 1. The zero-order valence-electron chi connectivity index (χ0n) is 14.1. The van der Waals surface area contributed by atoms with E-state index < -0.39 is 0 Å². The standard InChI is InChI=1S/C18H25N3O2S/c1-2-20(14-15-7-5-11-23-15)18(22)19-13-16(17-8-6-12-24-17)21-9-3-4-10-21/h5-8,11-12,16H,2-4,9-10,13-14H2,1H3,(H,19,22)/t16-/m1/s1. The molecule has 2 aromatic heterocycles. The minimum Gasteiger partial charge on any atom is -0.467 e. The number of furan rings is 1. The smallest absolute Gasteiger partial charge is 0.317 e. The van der Waals surface area contributed by atoms with Crippen molar-refractivity contribution in [1.29, 1.82) is 0 Å². The van der Waals surface area contributed by atoms with E-state index in [0.29, 0.717) is 19.6 Å². The predicted octanol–water partition coefficient (Wildman–Crippen LogP) is 3.71. The van der Waals surface area contributed by atoms with E-state index >= 15 is 0 Å². The molecular weight excluding hydrogens is 322 g/mol. The Morgan fingerprint density at radius 2 is 2.21 bits per heavy atom. The normalized spacial score (nSPS) is 16.2. The highest BCUT2D eigenvalue weighted by Gasteiger charge is 2.25. The molecule has 1 saturated heterocycles. The first-order valence-electron chi connectivity index (χ1n) is 8.60. The van der Waals surface area contributed by atoms with Gasteiger partial charge in [-0.3, -0.25) is 4.90 Å². The van der Waals surface area contributed by atoms with Gasteiger partial charge in [0.05, 0.1) is 18.8 Å². The highest BCUT2D eigenvalue weighted by Crippen LogP contribution is 2.27. The number of nitrogens with one attached hydrogen (secondary N) is 1. The van der Waals surface area contributed by atoms with Crippen LogP contribution in [0.4, 0.5) is 4.79 Å². The number of thiophene rings is 1. The summed E-state index contributed by atoms with van der Waals surface area (Å²) in [4.78, 5) is 18.1. The maximum absolute atomic E-state index is 12.5. The van der Waals surface area contributed by atoms with Crippen LogP contribution in [0.5, 0.6) is 0 Å². The highest BCUT2D eigenvalue weighted by molar-refractivity contribution is 7.10. The molecule has 1 aliphatic rings. The second-order valence-corrected chi connectivity index (χ2v) is 7.03. The van der Waals surface area contributed by atoms with Gasteiger partial charge in [-0.2, -0.15) is 0 Å². The second kappa shape index (κ2) is 8.35. The van der Waals surface area contributed by atoms with E-state index in [1.165, 1.54) is 17.7 Å². The molecule has 130 valence electrons. The van der Waals surface area contributed by atoms with Gasteiger partial charge < -0.3 is 14.6 Å². The molecule has 0 bridgehead atoms. The van der Waals surface area contributed by atoms with Crippen molar-refractivity contribution >= 4 is 17.4 Å². The highest BCUT2D eigenvalue weighted by atomic mass is 32.1. The Kier molecular flexibility index (Phi) is 5.93. The molecule has 6 heteroatoms. The van der Waals surface area contributed by atoms with Gasteiger partial charge in [0, 0.05) is 18.0 Å². The first kappa shape index (κ1) is 17.0. The molecule has 0 aromatic carbocycles. The van der Waals surface area contributed by atoms with Gasteiger partial charge in [0.25, 0.3) is 0 Å². The van der Waals surface area contributed by atoms with E-state index in [1.54, 1.807) is 22.5 Å². The number of amides is 2. The van der Waals surface area contributed by atoms with Gasteiger partial charge in [0.15, 0.2) is 0 Å². The predicted molar refractivity (Wildman–Crippen MR) is 96.1 cm³/mol. The molecule has 3 heterocycles. The lowest BCUT2D eigenvalue weighted by atomic mass is 10.2. The summed E-state index contributed by atoms with van der Waals surface area (Å²) < 4.78 is 5.35. The molecule has 24 heavy (non-hydrogen) atoms. The average Bonchev–Trinajstić information content (AvgIpc) is 3.34. The topological polar surface area (TPSA) is 48.7 Å². The quantitative estimate of drug-likeness (QED) is 0.831. The summed E-state index contributed by atoms with van der Waals surface area (Å²) in [6.45, 7) is 6.01. The third kappa shape index (κ3) is 4.19. The zero-order valence-corrected chi connectivity index (χ0v) is 14.9. The lowest BCUT2D eigenvalue weighted by molar-refractivity contribution is 0.185. The van der Waals surface area contributed by atoms with E-state index in [2.05, 4.69) is 27.7 Å². The molecular formula is C18H25N3O2S. The molecule has 1 atom stereocenters. The average molecular weight is 347 g/mol. The number of carbonyl (C=O) groups excluding carboxylic acids is 1. The fourth-order valence-electron chi connectivity index (χ4n) is 3.16. The van der Waals surface area contributed by atoms with Gasteiger partial charge in [-0.1, -0.05) is 6.07 Å².